The van der Waals surface area contributed by atoms with Gasteiger partial charge in [0.1, 0.15) is 5.75 Å². The minimum absolute atomic E-state index is 0.0643. The second kappa shape index (κ2) is 7.88. The molecule has 3 aromatic rings. The van der Waals surface area contributed by atoms with Crippen molar-refractivity contribution in [1.82, 2.24) is 10.2 Å². The topological polar surface area (TPSA) is 118 Å². The Bertz CT molecular complexity index is 892. The van der Waals surface area contributed by atoms with Crippen LogP contribution in [-0.2, 0) is 16.1 Å². The number of hydrogen-bond donors (Lipinski definition) is 0. The van der Waals surface area contributed by atoms with Crippen LogP contribution < -0.4 is 4.74 Å². The fourth-order valence-electron chi connectivity index (χ4n) is 2.00. The minimum atomic E-state index is -0.636. The summed E-state index contributed by atoms with van der Waals surface area (Å²) in [6, 6.07) is 14.6. The normalized spacial score (nSPS) is 10.3. The number of nitro benzene ring substituents is 1. The van der Waals surface area contributed by atoms with Gasteiger partial charge in [0.25, 0.3) is 11.6 Å². The van der Waals surface area contributed by atoms with Crippen molar-refractivity contribution in [3.8, 4) is 17.2 Å². The van der Waals surface area contributed by atoms with Crippen molar-refractivity contribution < 1.29 is 23.6 Å². The molecular weight excluding hydrogens is 342 g/mol. The third-order valence-electron chi connectivity index (χ3n) is 3.25. The molecular formula is C17H13N3O6. The van der Waals surface area contributed by atoms with Gasteiger partial charge in [-0.25, -0.2) is 4.79 Å². The molecule has 0 aliphatic rings. The van der Waals surface area contributed by atoms with E-state index in [2.05, 4.69) is 10.2 Å². The number of benzene rings is 2. The molecule has 0 spiro atoms. The molecule has 0 fully saturated rings. The lowest BCUT2D eigenvalue weighted by Gasteiger charge is -2.05. The van der Waals surface area contributed by atoms with E-state index in [-0.39, 0.29) is 24.8 Å². The van der Waals surface area contributed by atoms with Gasteiger partial charge in [0, 0.05) is 17.7 Å². The second-order valence-corrected chi connectivity index (χ2v) is 5.07. The Labute approximate surface area is 147 Å². The van der Waals surface area contributed by atoms with Crippen LogP contribution in [0.4, 0.5) is 5.69 Å². The van der Waals surface area contributed by atoms with Gasteiger partial charge in [-0.3, -0.25) is 10.1 Å². The number of esters is 1. The molecule has 1 aromatic heterocycles. The maximum atomic E-state index is 11.7. The van der Waals surface area contributed by atoms with E-state index in [9.17, 15) is 14.9 Å². The monoisotopic (exact) mass is 355 g/mol. The van der Waals surface area contributed by atoms with Gasteiger partial charge < -0.3 is 13.9 Å². The summed E-state index contributed by atoms with van der Waals surface area (Å²) < 4.78 is 15.6. The van der Waals surface area contributed by atoms with Crippen LogP contribution in [-0.4, -0.2) is 27.7 Å². The van der Waals surface area contributed by atoms with Crippen molar-refractivity contribution in [3.05, 3.63) is 70.6 Å². The lowest BCUT2D eigenvalue weighted by atomic mass is 10.2. The Balaban J connectivity index is 1.47. The van der Waals surface area contributed by atoms with Crippen molar-refractivity contribution in [2.24, 2.45) is 0 Å². The molecule has 1 heterocycles. The number of aromatic nitrogens is 2. The number of rotatable bonds is 7. The van der Waals surface area contributed by atoms with Crippen LogP contribution in [0.15, 0.2) is 59.0 Å². The fourth-order valence-corrected chi connectivity index (χ4v) is 2.00. The molecule has 0 saturated carbocycles. The highest BCUT2D eigenvalue weighted by Crippen LogP contribution is 2.18. The number of non-ortho nitro benzene ring substituents is 1. The highest BCUT2D eigenvalue weighted by molar-refractivity contribution is 5.71. The van der Waals surface area contributed by atoms with E-state index in [4.69, 9.17) is 13.9 Å². The molecule has 0 N–H and O–H groups in total. The van der Waals surface area contributed by atoms with Gasteiger partial charge in [0.05, 0.1) is 4.92 Å². The summed E-state index contributed by atoms with van der Waals surface area (Å²) >= 11 is 0. The van der Waals surface area contributed by atoms with Crippen LogP contribution in [0.2, 0.25) is 0 Å². The molecule has 132 valence electrons. The van der Waals surface area contributed by atoms with Gasteiger partial charge in [-0.15, -0.1) is 10.2 Å². The standard InChI is InChI=1S/C17H13N3O6/c21-16(11-24-14-8-6-13(7-9-14)20(22)23)25-10-15-18-19-17(26-15)12-4-2-1-3-5-12/h1-9H,10-11H2. The number of hydrogen-bond acceptors (Lipinski definition) is 8. The number of nitro groups is 1. The van der Waals surface area contributed by atoms with Crippen molar-refractivity contribution in [1.29, 1.82) is 0 Å². The van der Waals surface area contributed by atoms with Gasteiger partial charge in [0.15, 0.2) is 13.2 Å². The number of nitrogens with zero attached hydrogens (tertiary/aromatic N) is 3. The van der Waals surface area contributed by atoms with E-state index in [1.807, 2.05) is 30.3 Å². The molecule has 0 amide bonds. The summed E-state index contributed by atoms with van der Waals surface area (Å²) in [6.07, 6.45) is 0. The second-order valence-electron chi connectivity index (χ2n) is 5.07. The van der Waals surface area contributed by atoms with Crippen LogP contribution in [0, 0.1) is 10.1 Å². The lowest BCUT2D eigenvalue weighted by molar-refractivity contribution is -0.384. The van der Waals surface area contributed by atoms with E-state index in [1.54, 1.807) is 0 Å². The molecule has 9 heteroatoms. The predicted octanol–water partition coefficient (Wildman–Crippen LogP) is 2.77. The minimum Gasteiger partial charge on any atom is -0.482 e. The average Bonchev–Trinajstić information content (AvgIpc) is 3.15. The van der Waals surface area contributed by atoms with Gasteiger partial charge in [0.2, 0.25) is 5.89 Å². The van der Waals surface area contributed by atoms with E-state index in [0.29, 0.717) is 11.6 Å². The highest BCUT2D eigenvalue weighted by Gasteiger charge is 2.12. The molecule has 26 heavy (non-hydrogen) atoms. The zero-order valence-electron chi connectivity index (χ0n) is 13.4. The van der Waals surface area contributed by atoms with E-state index < -0.39 is 10.9 Å². The van der Waals surface area contributed by atoms with Gasteiger partial charge >= 0.3 is 5.97 Å². The lowest BCUT2D eigenvalue weighted by Crippen LogP contribution is -2.14. The summed E-state index contributed by atoms with van der Waals surface area (Å²) in [5, 5.41) is 18.3. The first-order valence-electron chi connectivity index (χ1n) is 7.52. The summed E-state index contributed by atoms with van der Waals surface area (Å²) in [5.74, 6) is 0.172. The summed E-state index contributed by atoms with van der Waals surface area (Å²) in [7, 11) is 0. The average molecular weight is 355 g/mol. The first-order chi connectivity index (χ1) is 12.6. The van der Waals surface area contributed by atoms with Crippen LogP contribution >= 0.6 is 0 Å². The first kappa shape index (κ1) is 17.1. The number of carbonyl (C=O) groups is 1. The smallest absolute Gasteiger partial charge is 0.344 e. The summed E-state index contributed by atoms with van der Waals surface area (Å²) in [6.45, 7) is -0.528. The highest BCUT2D eigenvalue weighted by atomic mass is 16.6. The zero-order chi connectivity index (χ0) is 18.4. The zero-order valence-corrected chi connectivity index (χ0v) is 13.4. The van der Waals surface area contributed by atoms with E-state index in [0.717, 1.165) is 5.56 Å². The van der Waals surface area contributed by atoms with Crippen molar-refractivity contribution in [2.75, 3.05) is 6.61 Å². The third-order valence-corrected chi connectivity index (χ3v) is 3.25. The molecule has 0 aliphatic heterocycles. The maximum absolute atomic E-state index is 11.7. The molecule has 0 bridgehead atoms. The van der Waals surface area contributed by atoms with Crippen molar-refractivity contribution >= 4 is 11.7 Å². The van der Waals surface area contributed by atoms with E-state index in [1.165, 1.54) is 24.3 Å². The summed E-state index contributed by atoms with van der Waals surface area (Å²) in [5.41, 5.74) is 0.699. The molecule has 2 aromatic carbocycles. The molecule has 0 aliphatic carbocycles. The number of carbonyl (C=O) groups excluding carboxylic acids is 1. The Morgan fingerprint density at radius 3 is 2.50 bits per heavy atom. The fraction of sp³-hybridized carbons (Fsp3) is 0.118. The molecule has 0 saturated heterocycles. The Kier molecular flexibility index (Phi) is 5.18. The van der Waals surface area contributed by atoms with Gasteiger partial charge in [-0.1, -0.05) is 18.2 Å². The van der Waals surface area contributed by atoms with Crippen LogP contribution in [0.1, 0.15) is 5.89 Å². The van der Waals surface area contributed by atoms with Crippen LogP contribution in [0.5, 0.6) is 5.75 Å². The van der Waals surface area contributed by atoms with Crippen molar-refractivity contribution in [2.45, 2.75) is 6.61 Å². The van der Waals surface area contributed by atoms with Crippen molar-refractivity contribution in [3.63, 3.8) is 0 Å². The molecule has 0 radical (unpaired) electrons. The number of ether oxygens (including phenoxy) is 2. The molecule has 3 rings (SSSR count). The molecule has 0 unspecified atom stereocenters. The third kappa shape index (κ3) is 4.41. The Morgan fingerprint density at radius 1 is 1.08 bits per heavy atom. The Morgan fingerprint density at radius 2 is 1.81 bits per heavy atom. The SMILES string of the molecule is O=C(COc1ccc([N+](=O)[O-])cc1)OCc1nnc(-c2ccccc2)o1. The van der Waals surface area contributed by atoms with Gasteiger partial charge in [-0.05, 0) is 24.3 Å². The first-order valence-corrected chi connectivity index (χ1v) is 7.52. The van der Waals surface area contributed by atoms with Gasteiger partial charge in [-0.2, -0.15) is 0 Å². The molecule has 9 nitrogen and oxygen atoms in total. The van der Waals surface area contributed by atoms with E-state index >= 15 is 0 Å². The van der Waals surface area contributed by atoms with Crippen LogP contribution in [0.3, 0.4) is 0 Å². The molecule has 0 atom stereocenters. The van der Waals surface area contributed by atoms with Crippen LogP contribution in [0.25, 0.3) is 11.5 Å². The maximum Gasteiger partial charge on any atom is 0.344 e. The summed E-state index contributed by atoms with van der Waals surface area (Å²) in [4.78, 5) is 21.7. The largest absolute Gasteiger partial charge is 0.482 e. The Hall–Kier alpha value is -3.75. The quantitative estimate of drug-likeness (QED) is 0.361. The predicted molar refractivity (Wildman–Crippen MR) is 88.1 cm³/mol.